The van der Waals surface area contributed by atoms with E-state index in [1.165, 1.54) is 0 Å². The number of rotatable bonds is 2. The molecule has 0 aliphatic carbocycles. The molecule has 1 aliphatic heterocycles. The van der Waals surface area contributed by atoms with Crippen molar-refractivity contribution in [2.45, 2.75) is 32.4 Å². The number of nitrogens with two attached hydrogens (primary N) is 1. The number of hydrogen-bond donors (Lipinski definition) is 3. The maximum absolute atomic E-state index is 10.3. The molecule has 1 rings (SSSR count). The third-order valence-electron chi connectivity index (χ3n) is 1.52. The average molecular weight is 174 g/mol. The van der Waals surface area contributed by atoms with Crippen LogP contribution in [0.1, 0.15) is 20.3 Å². The van der Waals surface area contributed by atoms with Gasteiger partial charge in [0.25, 0.3) is 0 Å². The molecule has 0 aromatic heterocycles. The quantitative estimate of drug-likeness (QED) is 0.516. The first-order valence-corrected chi connectivity index (χ1v) is 3.89. The fraction of sp³-hybridized carbons (Fsp3) is 0.714. The molecule has 1 unspecified atom stereocenters. The lowest BCUT2D eigenvalue weighted by Gasteiger charge is -2.31. The predicted molar refractivity (Wildman–Crippen MR) is 43.5 cm³/mol. The van der Waals surface area contributed by atoms with Gasteiger partial charge in [0, 0.05) is 0 Å². The Labute approximate surface area is 70.9 Å². The number of carboxylic acids is 1. The van der Waals surface area contributed by atoms with Crippen molar-refractivity contribution in [2.24, 2.45) is 5.73 Å². The van der Waals surface area contributed by atoms with E-state index >= 15 is 0 Å². The van der Waals surface area contributed by atoms with E-state index in [0.717, 1.165) is 0 Å². The van der Waals surface area contributed by atoms with E-state index in [2.05, 4.69) is 5.32 Å². The van der Waals surface area contributed by atoms with Crippen LogP contribution in [0, 0.1) is 0 Å². The Morgan fingerprint density at radius 3 is 2.08 bits per heavy atom. The Morgan fingerprint density at radius 2 is 1.83 bits per heavy atom. The fourth-order valence-corrected chi connectivity index (χ4v) is 0.825. The number of primary amides is 1. The molecule has 1 amide bonds. The second kappa shape index (κ2) is 4.71. The van der Waals surface area contributed by atoms with E-state index in [9.17, 15) is 9.59 Å². The molecule has 70 valence electrons. The molecule has 4 N–H and O–H groups in total. The highest BCUT2D eigenvalue weighted by Gasteiger charge is 2.36. The summed E-state index contributed by atoms with van der Waals surface area (Å²) in [7, 11) is 0. The first kappa shape index (κ1) is 10.9. The maximum Gasteiger partial charge on any atom is 0.320 e. The number of carbonyl (C=O) groups excluding carboxylic acids is 1. The molecular weight excluding hydrogens is 160 g/mol. The Hall–Kier alpha value is -1.10. The smallest absolute Gasteiger partial charge is 0.320 e. The van der Waals surface area contributed by atoms with Gasteiger partial charge in [0.15, 0.2) is 0 Å². The topological polar surface area (TPSA) is 92.4 Å². The van der Waals surface area contributed by atoms with Crippen molar-refractivity contribution in [3.63, 3.8) is 0 Å². The second-order valence-electron chi connectivity index (χ2n) is 2.25. The summed E-state index contributed by atoms with van der Waals surface area (Å²) in [4.78, 5) is 20.5. The lowest BCUT2D eigenvalue weighted by atomic mass is 9.97. The normalized spacial score (nSPS) is 26.2. The molecule has 0 aromatic carbocycles. The molecule has 1 fully saturated rings. The summed E-state index contributed by atoms with van der Waals surface area (Å²) in [5, 5.41) is 10.8. The van der Waals surface area contributed by atoms with Crippen LogP contribution in [-0.2, 0) is 9.59 Å². The van der Waals surface area contributed by atoms with Gasteiger partial charge < -0.3 is 10.8 Å². The number of amides is 1. The van der Waals surface area contributed by atoms with Crippen LogP contribution in [0.4, 0.5) is 0 Å². The van der Waals surface area contributed by atoms with Crippen LogP contribution in [0.15, 0.2) is 0 Å². The highest BCUT2D eigenvalue weighted by atomic mass is 16.4. The fourth-order valence-electron chi connectivity index (χ4n) is 0.825. The number of carboxylic acid groups (broad SMARTS) is 1. The standard InChI is InChI=1S/C5H8N2O3.C2H6/c6-4(8)2-1-3(7-2)5(9)10;1-2/h2-3,7H,1H2,(H2,6,8)(H,9,10);1-2H3/t2?,3-;/m0./s1. The molecule has 1 saturated heterocycles. The Morgan fingerprint density at radius 1 is 1.42 bits per heavy atom. The van der Waals surface area contributed by atoms with Gasteiger partial charge in [-0.3, -0.25) is 14.9 Å². The number of aliphatic carboxylic acids is 1. The van der Waals surface area contributed by atoms with E-state index in [1.807, 2.05) is 13.8 Å². The van der Waals surface area contributed by atoms with Gasteiger partial charge in [-0.25, -0.2) is 0 Å². The predicted octanol–water partition coefficient (Wildman–Crippen LogP) is -0.687. The number of hydrogen-bond acceptors (Lipinski definition) is 3. The van der Waals surface area contributed by atoms with Crippen LogP contribution in [0.25, 0.3) is 0 Å². The summed E-state index contributed by atoms with van der Waals surface area (Å²) < 4.78 is 0. The van der Waals surface area contributed by atoms with Crippen LogP contribution >= 0.6 is 0 Å². The molecule has 12 heavy (non-hydrogen) atoms. The van der Waals surface area contributed by atoms with Crippen molar-refractivity contribution in [3.8, 4) is 0 Å². The minimum absolute atomic E-state index is 0.310. The largest absolute Gasteiger partial charge is 0.480 e. The Bertz CT molecular complexity index is 157. The van der Waals surface area contributed by atoms with Crippen molar-refractivity contribution in [1.82, 2.24) is 5.32 Å². The molecule has 1 heterocycles. The molecule has 0 aromatic rings. The average Bonchev–Trinajstić information content (AvgIpc) is 1.86. The minimum atomic E-state index is -0.933. The van der Waals surface area contributed by atoms with E-state index < -0.39 is 24.0 Å². The molecule has 0 bridgehead atoms. The van der Waals surface area contributed by atoms with Gasteiger partial charge in [-0.15, -0.1) is 0 Å². The number of nitrogens with one attached hydrogen (secondary N) is 1. The van der Waals surface area contributed by atoms with Crippen molar-refractivity contribution in [1.29, 1.82) is 0 Å². The van der Waals surface area contributed by atoms with Crippen LogP contribution in [-0.4, -0.2) is 29.1 Å². The third kappa shape index (κ3) is 2.50. The molecule has 0 saturated carbocycles. The van der Waals surface area contributed by atoms with E-state index in [-0.39, 0.29) is 0 Å². The van der Waals surface area contributed by atoms with Gasteiger partial charge in [0.05, 0.1) is 6.04 Å². The monoisotopic (exact) mass is 174 g/mol. The summed E-state index contributed by atoms with van der Waals surface area (Å²) in [6.45, 7) is 4.00. The summed E-state index contributed by atoms with van der Waals surface area (Å²) in [6, 6.07) is -1.03. The van der Waals surface area contributed by atoms with Crippen LogP contribution < -0.4 is 11.1 Å². The van der Waals surface area contributed by atoms with Crippen molar-refractivity contribution < 1.29 is 14.7 Å². The van der Waals surface area contributed by atoms with Crippen molar-refractivity contribution >= 4 is 11.9 Å². The molecule has 0 radical (unpaired) electrons. The lowest BCUT2D eigenvalue weighted by molar-refractivity contribution is -0.143. The zero-order valence-electron chi connectivity index (χ0n) is 7.20. The van der Waals surface area contributed by atoms with Gasteiger partial charge >= 0.3 is 5.97 Å². The highest BCUT2D eigenvalue weighted by Crippen LogP contribution is 2.10. The summed E-state index contributed by atoms with van der Waals surface area (Å²) in [6.07, 6.45) is 0.310. The Kier molecular flexibility index (Phi) is 4.28. The van der Waals surface area contributed by atoms with Gasteiger partial charge in [-0.05, 0) is 6.42 Å². The molecule has 1 aliphatic rings. The highest BCUT2D eigenvalue weighted by molar-refractivity contribution is 5.85. The molecule has 0 spiro atoms. The van der Waals surface area contributed by atoms with E-state index in [4.69, 9.17) is 10.8 Å². The second-order valence-corrected chi connectivity index (χ2v) is 2.25. The van der Waals surface area contributed by atoms with Crippen molar-refractivity contribution in [2.75, 3.05) is 0 Å². The Balaban J connectivity index is 0.000000561. The third-order valence-corrected chi connectivity index (χ3v) is 1.52. The van der Waals surface area contributed by atoms with Gasteiger partial charge in [0.2, 0.25) is 5.91 Å². The van der Waals surface area contributed by atoms with Crippen LogP contribution in [0.3, 0.4) is 0 Å². The first-order chi connectivity index (χ1) is 5.61. The van der Waals surface area contributed by atoms with Crippen LogP contribution in [0.2, 0.25) is 0 Å². The lowest BCUT2D eigenvalue weighted by Crippen LogP contribution is -2.61. The first-order valence-electron chi connectivity index (χ1n) is 3.89. The van der Waals surface area contributed by atoms with Crippen molar-refractivity contribution in [3.05, 3.63) is 0 Å². The van der Waals surface area contributed by atoms with Gasteiger partial charge in [0.1, 0.15) is 6.04 Å². The van der Waals surface area contributed by atoms with Gasteiger partial charge in [-0.2, -0.15) is 0 Å². The zero-order chi connectivity index (χ0) is 9.72. The van der Waals surface area contributed by atoms with Gasteiger partial charge in [-0.1, -0.05) is 13.8 Å². The minimum Gasteiger partial charge on any atom is -0.480 e. The van der Waals surface area contributed by atoms with E-state index in [1.54, 1.807) is 0 Å². The maximum atomic E-state index is 10.3. The number of carbonyl (C=O) groups is 2. The van der Waals surface area contributed by atoms with Crippen LogP contribution in [0.5, 0.6) is 0 Å². The zero-order valence-corrected chi connectivity index (χ0v) is 7.20. The molecule has 2 atom stereocenters. The SMILES string of the molecule is CC.NC(=O)C1C[C@@H](C(=O)O)N1. The van der Waals surface area contributed by atoms with E-state index in [0.29, 0.717) is 6.42 Å². The molecular formula is C7H14N2O3. The molecule has 5 nitrogen and oxygen atoms in total. The summed E-state index contributed by atoms with van der Waals surface area (Å²) in [5.41, 5.74) is 4.87. The molecule has 5 heteroatoms. The summed E-state index contributed by atoms with van der Waals surface area (Å²) in [5.74, 6) is -1.42. The summed E-state index contributed by atoms with van der Waals surface area (Å²) >= 11 is 0.